The molecule has 14 heavy (non-hydrogen) atoms. The number of hydrogen-bond acceptors (Lipinski definition) is 3. The lowest BCUT2D eigenvalue weighted by atomic mass is 10.1. The highest BCUT2D eigenvalue weighted by molar-refractivity contribution is 5.47. The van der Waals surface area contributed by atoms with Crippen molar-refractivity contribution in [2.45, 2.75) is 13.0 Å². The van der Waals surface area contributed by atoms with E-state index < -0.39 is 0 Å². The van der Waals surface area contributed by atoms with Crippen molar-refractivity contribution < 1.29 is 9.84 Å². The fourth-order valence-electron chi connectivity index (χ4n) is 1.21. The molecule has 1 aromatic carbocycles. The fraction of sp³-hybridized carbons (Fsp3) is 0.273. The number of phenols is 1. The molecule has 0 aliphatic rings. The lowest BCUT2D eigenvalue weighted by Crippen LogP contribution is -2.07. The first-order valence-corrected chi connectivity index (χ1v) is 4.53. The summed E-state index contributed by atoms with van der Waals surface area (Å²) in [6.07, 6.45) is 1.57. The van der Waals surface area contributed by atoms with Crippen LogP contribution in [0.25, 0.3) is 0 Å². The highest BCUT2D eigenvalue weighted by Crippen LogP contribution is 2.32. The number of rotatable bonds is 4. The molecule has 0 fully saturated rings. The normalized spacial score (nSPS) is 12.1. The minimum Gasteiger partial charge on any atom is -0.504 e. The molecule has 3 heteroatoms. The number of aromatic hydroxyl groups is 1. The van der Waals surface area contributed by atoms with Crippen LogP contribution in [0.1, 0.15) is 18.5 Å². The molecule has 1 aromatic rings. The van der Waals surface area contributed by atoms with Gasteiger partial charge in [-0.05, 0) is 13.0 Å². The van der Waals surface area contributed by atoms with E-state index in [0.29, 0.717) is 17.9 Å². The van der Waals surface area contributed by atoms with E-state index in [1.165, 1.54) is 0 Å². The minimum atomic E-state index is -0.365. The molecule has 3 nitrogen and oxygen atoms in total. The van der Waals surface area contributed by atoms with Crippen molar-refractivity contribution >= 4 is 0 Å². The first-order valence-electron chi connectivity index (χ1n) is 4.53. The number of phenolic OH excluding ortho intramolecular Hbond substituents is 1. The summed E-state index contributed by atoms with van der Waals surface area (Å²) in [5.74, 6) is 0.559. The predicted molar refractivity (Wildman–Crippen MR) is 56.4 cm³/mol. The predicted octanol–water partition coefficient (Wildman–Crippen LogP) is 1.98. The number of nitrogens with two attached hydrogens (primary N) is 1. The lowest BCUT2D eigenvalue weighted by molar-refractivity contribution is 0.316. The quantitative estimate of drug-likeness (QED) is 0.719. The molecule has 0 saturated carbocycles. The minimum absolute atomic E-state index is 0.0988. The Hall–Kier alpha value is -1.48. The molecule has 0 spiro atoms. The molecule has 0 radical (unpaired) electrons. The van der Waals surface area contributed by atoms with Crippen molar-refractivity contribution in [3.8, 4) is 11.5 Å². The maximum atomic E-state index is 9.77. The van der Waals surface area contributed by atoms with Crippen LogP contribution in [0.15, 0.2) is 30.9 Å². The molecule has 0 unspecified atom stereocenters. The molecule has 1 atom stereocenters. The zero-order valence-corrected chi connectivity index (χ0v) is 8.23. The highest BCUT2D eigenvalue weighted by Gasteiger charge is 2.11. The summed E-state index contributed by atoms with van der Waals surface area (Å²) in [4.78, 5) is 0. The van der Waals surface area contributed by atoms with Gasteiger partial charge < -0.3 is 15.6 Å². The summed E-state index contributed by atoms with van der Waals surface area (Å²) in [7, 11) is 0. The third-order valence-electron chi connectivity index (χ3n) is 1.94. The van der Waals surface area contributed by atoms with E-state index in [2.05, 4.69) is 6.58 Å². The molecule has 0 aromatic heterocycles. The van der Waals surface area contributed by atoms with Crippen LogP contribution in [0.3, 0.4) is 0 Å². The summed E-state index contributed by atoms with van der Waals surface area (Å²) in [5, 5.41) is 9.77. The van der Waals surface area contributed by atoms with Gasteiger partial charge in [-0.1, -0.05) is 18.2 Å². The Bertz CT molecular complexity index is 323. The van der Waals surface area contributed by atoms with Gasteiger partial charge >= 0.3 is 0 Å². The number of ether oxygens (including phenoxy) is 1. The third-order valence-corrected chi connectivity index (χ3v) is 1.94. The van der Waals surface area contributed by atoms with Crippen LogP contribution in [0, 0.1) is 0 Å². The molecular formula is C11H15NO2. The van der Waals surface area contributed by atoms with Gasteiger partial charge in [0.15, 0.2) is 11.5 Å². The maximum Gasteiger partial charge on any atom is 0.162 e. The Labute approximate surface area is 83.8 Å². The monoisotopic (exact) mass is 193 g/mol. The molecule has 3 N–H and O–H groups in total. The van der Waals surface area contributed by atoms with Gasteiger partial charge in [-0.3, -0.25) is 0 Å². The van der Waals surface area contributed by atoms with E-state index in [0.717, 1.165) is 0 Å². The van der Waals surface area contributed by atoms with Crippen LogP contribution in [0.2, 0.25) is 0 Å². The van der Waals surface area contributed by atoms with Gasteiger partial charge in [0.1, 0.15) is 0 Å². The van der Waals surface area contributed by atoms with Crippen LogP contribution in [0.4, 0.5) is 0 Å². The summed E-state index contributed by atoms with van der Waals surface area (Å²) >= 11 is 0. The van der Waals surface area contributed by atoms with Gasteiger partial charge in [-0.15, -0.1) is 6.58 Å². The molecule has 0 aliphatic heterocycles. The van der Waals surface area contributed by atoms with Crippen LogP contribution in [-0.4, -0.2) is 11.7 Å². The second-order valence-electron chi connectivity index (χ2n) is 2.89. The zero-order chi connectivity index (χ0) is 10.6. The van der Waals surface area contributed by atoms with E-state index in [-0.39, 0.29) is 11.8 Å². The topological polar surface area (TPSA) is 55.5 Å². The Morgan fingerprint density at radius 3 is 2.93 bits per heavy atom. The maximum absolute atomic E-state index is 9.77. The molecule has 0 heterocycles. The average Bonchev–Trinajstić information content (AvgIpc) is 2.20. The van der Waals surface area contributed by atoms with Gasteiger partial charge in [0.25, 0.3) is 0 Å². The van der Waals surface area contributed by atoms with Crippen molar-refractivity contribution in [2.75, 3.05) is 6.61 Å². The molecule has 0 aliphatic carbocycles. The summed E-state index contributed by atoms with van der Waals surface area (Å²) in [6, 6.07) is 4.89. The first kappa shape index (κ1) is 10.6. The number of para-hydroxylation sites is 1. The van der Waals surface area contributed by atoms with E-state index >= 15 is 0 Å². The molecule has 0 bridgehead atoms. The highest BCUT2D eigenvalue weighted by atomic mass is 16.5. The second kappa shape index (κ2) is 4.67. The van der Waals surface area contributed by atoms with Gasteiger partial charge in [0, 0.05) is 5.56 Å². The molecule has 0 saturated heterocycles. The number of hydrogen-bond donors (Lipinski definition) is 2. The second-order valence-corrected chi connectivity index (χ2v) is 2.89. The van der Waals surface area contributed by atoms with Crippen molar-refractivity contribution in [1.29, 1.82) is 0 Å². The zero-order valence-electron chi connectivity index (χ0n) is 8.23. The number of benzene rings is 1. The van der Waals surface area contributed by atoms with Crippen LogP contribution in [-0.2, 0) is 0 Å². The Balaban J connectivity index is 3.06. The smallest absolute Gasteiger partial charge is 0.162 e. The largest absolute Gasteiger partial charge is 0.504 e. The summed E-state index contributed by atoms with van der Waals surface area (Å²) in [6.45, 7) is 5.95. The average molecular weight is 193 g/mol. The van der Waals surface area contributed by atoms with Crippen LogP contribution < -0.4 is 10.5 Å². The van der Waals surface area contributed by atoms with Crippen LogP contribution >= 0.6 is 0 Å². The van der Waals surface area contributed by atoms with E-state index in [1.54, 1.807) is 24.3 Å². The van der Waals surface area contributed by atoms with E-state index in [9.17, 15) is 5.11 Å². The summed E-state index contributed by atoms with van der Waals surface area (Å²) < 4.78 is 5.23. The van der Waals surface area contributed by atoms with Gasteiger partial charge in [0.2, 0.25) is 0 Å². The van der Waals surface area contributed by atoms with Crippen molar-refractivity contribution in [3.63, 3.8) is 0 Å². The molecule has 76 valence electrons. The van der Waals surface area contributed by atoms with E-state index in [1.807, 2.05) is 6.92 Å². The van der Waals surface area contributed by atoms with Crippen molar-refractivity contribution in [3.05, 3.63) is 36.4 Å². The Kier molecular flexibility index (Phi) is 3.54. The van der Waals surface area contributed by atoms with Crippen LogP contribution in [0.5, 0.6) is 11.5 Å². The standard InChI is InChI=1S/C11H15NO2/c1-3-9(12)8-6-5-7-10(11(8)13)14-4-2/h3,5-7,9,13H,1,4,12H2,2H3/t9-/m1/s1. The molecule has 1 rings (SSSR count). The first-order chi connectivity index (χ1) is 6.70. The Morgan fingerprint density at radius 1 is 1.64 bits per heavy atom. The molecular weight excluding hydrogens is 178 g/mol. The third kappa shape index (κ3) is 2.06. The Morgan fingerprint density at radius 2 is 2.36 bits per heavy atom. The van der Waals surface area contributed by atoms with Gasteiger partial charge in [-0.25, -0.2) is 0 Å². The van der Waals surface area contributed by atoms with Gasteiger partial charge in [0.05, 0.1) is 12.6 Å². The van der Waals surface area contributed by atoms with Crippen molar-refractivity contribution in [1.82, 2.24) is 0 Å². The van der Waals surface area contributed by atoms with Crippen molar-refractivity contribution in [2.24, 2.45) is 5.73 Å². The van der Waals surface area contributed by atoms with Gasteiger partial charge in [-0.2, -0.15) is 0 Å². The fourth-order valence-corrected chi connectivity index (χ4v) is 1.21. The van der Waals surface area contributed by atoms with E-state index in [4.69, 9.17) is 10.5 Å². The SMILES string of the molecule is C=C[C@@H](N)c1cccc(OCC)c1O. The molecule has 0 amide bonds. The lowest BCUT2D eigenvalue weighted by Gasteiger charge is -2.12. The summed E-state index contributed by atoms with van der Waals surface area (Å²) in [5.41, 5.74) is 6.36.